The number of hydrogen-bond donors (Lipinski definition) is 0. The van der Waals surface area contributed by atoms with Crippen molar-refractivity contribution in [1.82, 2.24) is 0 Å². The third-order valence-electron chi connectivity index (χ3n) is 3.55. The van der Waals surface area contributed by atoms with Gasteiger partial charge in [0.1, 0.15) is 0 Å². The third-order valence-corrected chi connectivity index (χ3v) is 4.14. The standard InChI is InChI=1S/C16H11BrFNO4/c1-22-13-10(17)7-11(14(23-2)12(13)18)19-15(20)8-5-3-4-6-9(8)16(19)21/h3-7H,1-2H3. The highest BCUT2D eigenvalue weighted by molar-refractivity contribution is 9.10. The van der Waals surface area contributed by atoms with E-state index >= 15 is 0 Å². The van der Waals surface area contributed by atoms with Gasteiger partial charge in [-0.3, -0.25) is 9.59 Å². The maximum absolute atomic E-state index is 14.5. The van der Waals surface area contributed by atoms with Gasteiger partial charge in [-0.1, -0.05) is 12.1 Å². The topological polar surface area (TPSA) is 55.8 Å². The van der Waals surface area contributed by atoms with Crippen LogP contribution in [0.15, 0.2) is 34.8 Å². The van der Waals surface area contributed by atoms with Crippen LogP contribution in [-0.4, -0.2) is 26.0 Å². The summed E-state index contributed by atoms with van der Waals surface area (Å²) in [5.41, 5.74) is 0.558. The van der Waals surface area contributed by atoms with Crippen molar-refractivity contribution in [2.45, 2.75) is 0 Å². The summed E-state index contributed by atoms with van der Waals surface area (Å²) in [5.74, 6) is -2.15. The van der Waals surface area contributed by atoms with Crippen LogP contribution in [0.4, 0.5) is 10.1 Å². The zero-order valence-electron chi connectivity index (χ0n) is 12.2. The lowest BCUT2D eigenvalue weighted by Gasteiger charge is -2.19. The highest BCUT2D eigenvalue weighted by Gasteiger charge is 2.39. The summed E-state index contributed by atoms with van der Waals surface area (Å²) < 4.78 is 24.8. The van der Waals surface area contributed by atoms with Crippen molar-refractivity contribution in [3.8, 4) is 11.5 Å². The molecule has 0 N–H and O–H groups in total. The molecule has 23 heavy (non-hydrogen) atoms. The Balaban J connectivity index is 2.21. The first-order chi connectivity index (χ1) is 11.0. The molecule has 2 aromatic rings. The Kier molecular flexibility index (Phi) is 3.81. The number of fused-ring (bicyclic) bond motifs is 1. The fraction of sp³-hybridized carbons (Fsp3) is 0.125. The van der Waals surface area contributed by atoms with Gasteiger partial charge in [0, 0.05) is 0 Å². The first kappa shape index (κ1) is 15.5. The highest BCUT2D eigenvalue weighted by atomic mass is 79.9. The first-order valence-corrected chi connectivity index (χ1v) is 7.38. The maximum atomic E-state index is 14.5. The van der Waals surface area contributed by atoms with Crippen LogP contribution in [0, 0.1) is 5.82 Å². The average Bonchev–Trinajstić information content (AvgIpc) is 2.79. The van der Waals surface area contributed by atoms with Crippen LogP contribution in [0.2, 0.25) is 0 Å². The van der Waals surface area contributed by atoms with Crippen LogP contribution in [-0.2, 0) is 0 Å². The van der Waals surface area contributed by atoms with E-state index in [2.05, 4.69) is 15.9 Å². The number of nitrogens with zero attached hydrogens (tertiary/aromatic N) is 1. The molecule has 0 unspecified atom stereocenters. The molecule has 0 aliphatic carbocycles. The number of benzene rings is 2. The van der Waals surface area contributed by atoms with Crippen molar-refractivity contribution in [3.63, 3.8) is 0 Å². The van der Waals surface area contributed by atoms with Gasteiger partial charge in [-0.2, -0.15) is 4.39 Å². The summed E-state index contributed by atoms with van der Waals surface area (Å²) in [6.07, 6.45) is 0. The Morgan fingerprint density at radius 1 is 1.00 bits per heavy atom. The number of ether oxygens (including phenoxy) is 2. The molecule has 0 spiro atoms. The number of hydrogen-bond acceptors (Lipinski definition) is 4. The zero-order valence-corrected chi connectivity index (χ0v) is 13.8. The quantitative estimate of drug-likeness (QED) is 0.766. The summed E-state index contributed by atoms with van der Waals surface area (Å²) in [4.78, 5) is 26.0. The van der Waals surface area contributed by atoms with Gasteiger partial charge in [-0.25, -0.2) is 4.90 Å². The Hall–Kier alpha value is -2.41. The number of halogens is 2. The zero-order chi connectivity index (χ0) is 16.7. The minimum atomic E-state index is -0.795. The summed E-state index contributed by atoms with van der Waals surface area (Å²) in [6, 6.07) is 7.85. The number of methoxy groups -OCH3 is 2. The molecule has 0 radical (unpaired) electrons. The smallest absolute Gasteiger partial charge is 0.266 e. The summed E-state index contributed by atoms with van der Waals surface area (Å²) in [6.45, 7) is 0. The van der Waals surface area contributed by atoms with Gasteiger partial charge in [0.25, 0.3) is 11.8 Å². The molecule has 3 rings (SSSR count). The fourth-order valence-corrected chi connectivity index (χ4v) is 3.08. The second kappa shape index (κ2) is 5.66. The van der Waals surface area contributed by atoms with Crippen molar-refractivity contribution in [2.75, 3.05) is 19.1 Å². The Morgan fingerprint density at radius 2 is 1.52 bits per heavy atom. The lowest BCUT2D eigenvalue weighted by atomic mass is 10.1. The largest absolute Gasteiger partial charge is 0.492 e. The van der Waals surface area contributed by atoms with E-state index in [1.165, 1.54) is 20.3 Å². The molecule has 0 saturated carbocycles. The Labute approximate surface area is 139 Å². The molecule has 0 saturated heterocycles. The summed E-state index contributed by atoms with van der Waals surface area (Å²) in [7, 11) is 2.57. The number of imide groups is 1. The van der Waals surface area contributed by atoms with E-state index in [9.17, 15) is 14.0 Å². The monoisotopic (exact) mass is 379 g/mol. The molecule has 0 atom stereocenters. The van der Waals surface area contributed by atoms with E-state index in [0.29, 0.717) is 0 Å². The lowest BCUT2D eigenvalue weighted by Crippen LogP contribution is -2.30. The number of carbonyl (C=O) groups is 2. The highest BCUT2D eigenvalue weighted by Crippen LogP contribution is 2.43. The second-order valence-electron chi connectivity index (χ2n) is 4.75. The van der Waals surface area contributed by atoms with Crippen molar-refractivity contribution in [3.05, 3.63) is 51.7 Å². The van der Waals surface area contributed by atoms with Crippen molar-refractivity contribution >= 4 is 33.4 Å². The molecular formula is C16H11BrFNO4. The molecule has 0 aromatic heterocycles. The molecule has 0 bridgehead atoms. The van der Waals surface area contributed by atoms with Crippen LogP contribution in [0.5, 0.6) is 11.5 Å². The SMILES string of the molecule is COc1c(Br)cc(N2C(=O)c3ccccc3C2=O)c(OC)c1F. The number of amides is 2. The lowest BCUT2D eigenvalue weighted by molar-refractivity contribution is 0.0925. The number of rotatable bonds is 3. The fourth-order valence-electron chi connectivity index (χ4n) is 2.53. The summed E-state index contributed by atoms with van der Waals surface area (Å²) >= 11 is 3.17. The van der Waals surface area contributed by atoms with E-state index in [4.69, 9.17) is 9.47 Å². The van der Waals surface area contributed by atoms with Crippen molar-refractivity contribution in [1.29, 1.82) is 0 Å². The molecule has 0 fully saturated rings. The van der Waals surface area contributed by atoms with Crippen molar-refractivity contribution in [2.24, 2.45) is 0 Å². The van der Waals surface area contributed by atoms with Crippen LogP contribution in [0.1, 0.15) is 20.7 Å². The molecule has 2 aromatic carbocycles. The van der Waals surface area contributed by atoms with Crippen LogP contribution >= 0.6 is 15.9 Å². The van der Waals surface area contributed by atoms with E-state index in [-0.39, 0.29) is 32.8 Å². The number of carbonyl (C=O) groups excluding carboxylic acids is 2. The minimum absolute atomic E-state index is 0.0175. The maximum Gasteiger partial charge on any atom is 0.266 e. The van der Waals surface area contributed by atoms with Crippen LogP contribution in [0.3, 0.4) is 0 Å². The van der Waals surface area contributed by atoms with Gasteiger partial charge in [-0.15, -0.1) is 0 Å². The Bertz CT molecular complexity index is 802. The molecule has 118 valence electrons. The number of anilines is 1. The molecule has 1 aliphatic rings. The van der Waals surface area contributed by atoms with Gasteiger partial charge in [0.05, 0.1) is 35.5 Å². The van der Waals surface area contributed by atoms with Gasteiger partial charge in [0.2, 0.25) is 5.82 Å². The predicted molar refractivity (Wildman–Crippen MR) is 84.8 cm³/mol. The molecule has 5 nitrogen and oxygen atoms in total. The molecule has 1 heterocycles. The molecule has 2 amide bonds. The van der Waals surface area contributed by atoms with Gasteiger partial charge in [-0.05, 0) is 34.1 Å². The average molecular weight is 380 g/mol. The normalized spacial score (nSPS) is 13.3. The van der Waals surface area contributed by atoms with E-state index in [0.717, 1.165) is 4.90 Å². The molecule has 7 heteroatoms. The first-order valence-electron chi connectivity index (χ1n) is 6.59. The van der Waals surface area contributed by atoms with E-state index < -0.39 is 17.6 Å². The summed E-state index contributed by atoms with van der Waals surface area (Å²) in [5, 5.41) is 0. The van der Waals surface area contributed by atoms with Crippen LogP contribution in [0.25, 0.3) is 0 Å². The van der Waals surface area contributed by atoms with E-state index in [1.807, 2.05) is 0 Å². The van der Waals surface area contributed by atoms with Gasteiger partial charge in [0.15, 0.2) is 11.5 Å². The minimum Gasteiger partial charge on any atom is -0.492 e. The van der Waals surface area contributed by atoms with Gasteiger partial charge >= 0.3 is 0 Å². The Morgan fingerprint density at radius 3 is 2.00 bits per heavy atom. The van der Waals surface area contributed by atoms with Crippen LogP contribution < -0.4 is 14.4 Å². The molecular weight excluding hydrogens is 369 g/mol. The predicted octanol–water partition coefficient (Wildman–Crippen LogP) is 3.41. The van der Waals surface area contributed by atoms with Gasteiger partial charge < -0.3 is 9.47 Å². The molecule has 1 aliphatic heterocycles. The van der Waals surface area contributed by atoms with E-state index in [1.54, 1.807) is 24.3 Å². The second-order valence-corrected chi connectivity index (χ2v) is 5.60. The van der Waals surface area contributed by atoms with Crippen molar-refractivity contribution < 1.29 is 23.5 Å². The third kappa shape index (κ3) is 2.19.